The molecule has 31 heavy (non-hydrogen) atoms. The Bertz CT molecular complexity index is 1010. The first kappa shape index (κ1) is 23.6. The highest BCUT2D eigenvalue weighted by Gasteiger charge is 2.23. The van der Waals surface area contributed by atoms with E-state index in [9.17, 15) is 10.2 Å². The third-order valence-corrected chi connectivity index (χ3v) is 6.77. The van der Waals surface area contributed by atoms with Gasteiger partial charge in [0, 0.05) is 9.79 Å². The number of hydrogen-bond donors (Lipinski definition) is 3. The molecule has 0 atom stereocenters. The maximum absolute atomic E-state index is 9.39. The van der Waals surface area contributed by atoms with Gasteiger partial charge in [-0.2, -0.15) is 0 Å². The van der Waals surface area contributed by atoms with E-state index in [1.165, 1.54) is 26.5 Å². The second-order valence-corrected chi connectivity index (χ2v) is 9.03. The molecule has 0 amide bonds. The molecule has 0 aromatic heterocycles. The van der Waals surface area contributed by atoms with Crippen LogP contribution in [0.1, 0.15) is 28.7 Å². The van der Waals surface area contributed by atoms with E-state index < -0.39 is 5.54 Å². The standard InChI is InChI=1S/C25H27NO3S.ClH/c26-25(16-27,17-28)11-10-18-6-7-20-13-21-14-22(8-9-23(21)30-24(20)12-18)29-15-19-4-2-1-3-5-19;/h1-9,12,14,27-28H,10-11,13,15-17,26H2;1H. The molecule has 3 aromatic rings. The van der Waals surface area contributed by atoms with Gasteiger partial charge in [0.25, 0.3) is 0 Å². The van der Waals surface area contributed by atoms with Gasteiger partial charge in [-0.3, -0.25) is 0 Å². The van der Waals surface area contributed by atoms with Gasteiger partial charge in [0.2, 0.25) is 0 Å². The molecule has 4 N–H and O–H groups in total. The van der Waals surface area contributed by atoms with Crippen molar-refractivity contribution in [3.05, 3.63) is 89.0 Å². The molecule has 1 heterocycles. The van der Waals surface area contributed by atoms with Crippen LogP contribution in [-0.2, 0) is 19.4 Å². The first-order valence-electron chi connectivity index (χ1n) is 10.2. The maximum Gasteiger partial charge on any atom is 0.120 e. The summed E-state index contributed by atoms with van der Waals surface area (Å²) in [6, 6.07) is 23.0. The summed E-state index contributed by atoms with van der Waals surface area (Å²) in [5.74, 6) is 0.894. The number of aryl methyl sites for hydroxylation is 1. The summed E-state index contributed by atoms with van der Waals surface area (Å²) in [6.45, 7) is 0.132. The van der Waals surface area contributed by atoms with Crippen LogP contribution in [0.3, 0.4) is 0 Å². The molecule has 0 aliphatic carbocycles. The summed E-state index contributed by atoms with van der Waals surface area (Å²) >= 11 is 1.78. The first-order chi connectivity index (χ1) is 14.6. The van der Waals surface area contributed by atoms with Crippen molar-refractivity contribution in [3.63, 3.8) is 0 Å². The minimum absolute atomic E-state index is 0. The van der Waals surface area contributed by atoms with Crippen LogP contribution in [0.25, 0.3) is 0 Å². The van der Waals surface area contributed by atoms with E-state index in [1.807, 2.05) is 24.3 Å². The van der Waals surface area contributed by atoms with Crippen molar-refractivity contribution in [2.75, 3.05) is 13.2 Å². The zero-order valence-corrected chi connectivity index (χ0v) is 18.9. The van der Waals surface area contributed by atoms with E-state index in [1.54, 1.807) is 11.8 Å². The molecular formula is C25H28ClNO3S. The number of nitrogens with two attached hydrogens (primary N) is 1. The number of ether oxygens (including phenoxy) is 1. The summed E-state index contributed by atoms with van der Waals surface area (Å²) in [6.07, 6.45) is 2.15. The van der Waals surface area contributed by atoms with E-state index in [0.29, 0.717) is 13.0 Å². The third-order valence-electron chi connectivity index (χ3n) is 5.55. The molecule has 1 aliphatic heterocycles. The van der Waals surface area contributed by atoms with Crippen LogP contribution in [0.15, 0.2) is 76.5 Å². The lowest BCUT2D eigenvalue weighted by molar-refractivity contribution is 0.115. The average molecular weight is 458 g/mol. The Morgan fingerprint density at radius 2 is 1.65 bits per heavy atom. The van der Waals surface area contributed by atoms with Crippen molar-refractivity contribution in [1.82, 2.24) is 0 Å². The Balaban J connectivity index is 0.00000272. The number of fused-ring (bicyclic) bond motifs is 2. The topological polar surface area (TPSA) is 75.7 Å². The predicted molar refractivity (Wildman–Crippen MR) is 127 cm³/mol. The minimum Gasteiger partial charge on any atom is -0.489 e. The Morgan fingerprint density at radius 1 is 0.871 bits per heavy atom. The molecule has 4 rings (SSSR count). The van der Waals surface area contributed by atoms with Crippen LogP contribution in [0.2, 0.25) is 0 Å². The van der Waals surface area contributed by atoms with Crippen molar-refractivity contribution in [3.8, 4) is 5.75 Å². The van der Waals surface area contributed by atoms with E-state index in [-0.39, 0.29) is 25.6 Å². The van der Waals surface area contributed by atoms with Gasteiger partial charge in [0.05, 0.1) is 18.8 Å². The molecule has 164 valence electrons. The summed E-state index contributed by atoms with van der Waals surface area (Å²) < 4.78 is 5.99. The average Bonchev–Trinajstić information content (AvgIpc) is 2.80. The highest BCUT2D eigenvalue weighted by Crippen LogP contribution is 2.41. The van der Waals surface area contributed by atoms with Crippen molar-refractivity contribution in [1.29, 1.82) is 0 Å². The molecule has 3 aromatic carbocycles. The number of hydrogen-bond acceptors (Lipinski definition) is 5. The van der Waals surface area contributed by atoms with Gasteiger partial charge in [-0.25, -0.2) is 0 Å². The first-order valence-corrected chi connectivity index (χ1v) is 11.0. The van der Waals surface area contributed by atoms with Crippen LogP contribution in [0, 0.1) is 0 Å². The van der Waals surface area contributed by atoms with Crippen molar-refractivity contribution in [2.24, 2.45) is 5.73 Å². The van der Waals surface area contributed by atoms with Gasteiger partial charge < -0.3 is 20.7 Å². The lowest BCUT2D eigenvalue weighted by atomic mass is 9.93. The Labute approximate surface area is 193 Å². The molecule has 6 heteroatoms. The zero-order valence-electron chi connectivity index (χ0n) is 17.3. The number of benzene rings is 3. The molecule has 0 fully saturated rings. The second kappa shape index (κ2) is 10.5. The smallest absolute Gasteiger partial charge is 0.120 e. The molecule has 0 spiro atoms. The zero-order chi connectivity index (χ0) is 21.0. The van der Waals surface area contributed by atoms with Gasteiger partial charge in [-0.1, -0.05) is 54.2 Å². The van der Waals surface area contributed by atoms with Gasteiger partial charge >= 0.3 is 0 Å². The number of aliphatic hydroxyl groups excluding tert-OH is 2. The van der Waals surface area contributed by atoms with Crippen LogP contribution in [0.4, 0.5) is 0 Å². The van der Waals surface area contributed by atoms with Crippen LogP contribution < -0.4 is 10.5 Å². The second-order valence-electron chi connectivity index (χ2n) is 7.94. The van der Waals surface area contributed by atoms with Crippen molar-refractivity contribution in [2.45, 2.75) is 41.2 Å². The van der Waals surface area contributed by atoms with Gasteiger partial charge in [0.15, 0.2) is 0 Å². The molecular weight excluding hydrogens is 430 g/mol. The highest BCUT2D eigenvalue weighted by molar-refractivity contribution is 7.99. The molecule has 4 nitrogen and oxygen atoms in total. The van der Waals surface area contributed by atoms with Gasteiger partial charge in [-0.15, -0.1) is 12.4 Å². The van der Waals surface area contributed by atoms with E-state index >= 15 is 0 Å². The summed E-state index contributed by atoms with van der Waals surface area (Å²) in [5.41, 5.74) is 10.00. The Kier molecular flexibility index (Phi) is 8.03. The minimum atomic E-state index is -0.925. The fraction of sp³-hybridized carbons (Fsp3) is 0.280. The van der Waals surface area contributed by atoms with Crippen molar-refractivity contribution < 1.29 is 14.9 Å². The molecule has 0 saturated heterocycles. The van der Waals surface area contributed by atoms with E-state index in [4.69, 9.17) is 10.5 Å². The Morgan fingerprint density at radius 3 is 2.39 bits per heavy atom. The van der Waals surface area contributed by atoms with Gasteiger partial charge in [0.1, 0.15) is 12.4 Å². The summed E-state index contributed by atoms with van der Waals surface area (Å²) in [4.78, 5) is 2.51. The maximum atomic E-state index is 9.39. The third kappa shape index (κ3) is 5.82. The number of aliphatic hydroxyl groups is 2. The number of rotatable bonds is 8. The molecule has 0 saturated carbocycles. The van der Waals surface area contributed by atoms with E-state index in [0.717, 1.165) is 24.2 Å². The monoisotopic (exact) mass is 457 g/mol. The molecule has 0 bridgehead atoms. The van der Waals surface area contributed by atoms with E-state index in [2.05, 4.69) is 42.5 Å². The van der Waals surface area contributed by atoms with Crippen LogP contribution in [-0.4, -0.2) is 29.0 Å². The SMILES string of the molecule is Cl.NC(CO)(CO)CCc1ccc2c(c1)Sc1ccc(OCc3ccccc3)cc1C2. The van der Waals surface area contributed by atoms with Gasteiger partial charge in [-0.05, 0) is 65.8 Å². The largest absolute Gasteiger partial charge is 0.489 e. The van der Waals surface area contributed by atoms with Crippen molar-refractivity contribution >= 4 is 24.2 Å². The molecule has 0 unspecified atom stereocenters. The van der Waals surface area contributed by atoms with Crippen LogP contribution >= 0.6 is 24.2 Å². The molecule has 1 aliphatic rings. The number of halogens is 1. The summed E-state index contributed by atoms with van der Waals surface area (Å²) in [5, 5.41) is 18.8. The molecule has 0 radical (unpaired) electrons. The lowest BCUT2D eigenvalue weighted by Crippen LogP contribution is -2.47. The predicted octanol–water partition coefficient (Wildman–Crippen LogP) is 4.36. The highest BCUT2D eigenvalue weighted by atomic mass is 35.5. The fourth-order valence-electron chi connectivity index (χ4n) is 3.54. The fourth-order valence-corrected chi connectivity index (χ4v) is 4.66. The van der Waals surface area contributed by atoms with Crippen LogP contribution in [0.5, 0.6) is 5.75 Å². The quantitative estimate of drug-likeness (QED) is 0.366. The lowest BCUT2D eigenvalue weighted by Gasteiger charge is -2.25. The normalized spacial score (nSPS) is 12.5. The summed E-state index contributed by atoms with van der Waals surface area (Å²) in [7, 11) is 0. The Hall–Kier alpha value is -2.02.